The number of carbonyl (C=O) groups is 2. The second kappa shape index (κ2) is 9.86. The average Bonchev–Trinajstić information content (AvgIpc) is 3.13. The summed E-state index contributed by atoms with van der Waals surface area (Å²) in [4.78, 5) is 31.2. The maximum atomic E-state index is 13.0. The van der Waals surface area contributed by atoms with Crippen molar-refractivity contribution in [2.45, 2.75) is 32.6 Å². The molecule has 0 bridgehead atoms. The molecule has 0 aliphatic carbocycles. The van der Waals surface area contributed by atoms with Gasteiger partial charge < -0.3 is 25.8 Å². The molecule has 1 aromatic carbocycles. The van der Waals surface area contributed by atoms with Gasteiger partial charge in [0.2, 0.25) is 0 Å². The molecule has 180 valence electrons. The molecular weight excluding hydrogens is 453 g/mol. The van der Waals surface area contributed by atoms with E-state index in [0.717, 1.165) is 0 Å². The van der Waals surface area contributed by atoms with Gasteiger partial charge in [0.15, 0.2) is 18.2 Å². The molecule has 1 aromatic heterocycles. The van der Waals surface area contributed by atoms with E-state index in [1.807, 2.05) is 0 Å². The number of aromatic nitrogens is 1. The largest absolute Gasteiger partial charge is 0.470 e. The molecule has 2 heterocycles. The molecule has 1 aliphatic rings. The van der Waals surface area contributed by atoms with E-state index in [9.17, 15) is 22.8 Å². The number of ether oxygens (including phenoxy) is 2. The van der Waals surface area contributed by atoms with Crippen molar-refractivity contribution in [3.05, 3.63) is 82.6 Å². The standard InChI is InChI=1S/C23H23F3N4O4/c1-13(20(28)33-12-23(24,25)26)10-18(27)14(2)30-11-17-16(21(30)31)8-9-29-19(17)22(32)34-15-6-4-3-5-7-15/h3-10,14H,11-12,27-28H2,1-2H3/b18-10-,20-13+. The maximum Gasteiger partial charge on any atom is 0.422 e. The molecule has 1 aliphatic heterocycles. The molecule has 2 aromatic rings. The predicted octanol–water partition coefficient (Wildman–Crippen LogP) is 3.26. The topological polar surface area (TPSA) is 121 Å². The van der Waals surface area contributed by atoms with Crippen LogP contribution in [0.15, 0.2) is 65.8 Å². The number of para-hydroxylation sites is 1. The summed E-state index contributed by atoms with van der Waals surface area (Å²) in [7, 11) is 0. The van der Waals surface area contributed by atoms with Gasteiger partial charge in [-0.25, -0.2) is 9.78 Å². The van der Waals surface area contributed by atoms with Gasteiger partial charge in [0.05, 0.1) is 6.04 Å². The van der Waals surface area contributed by atoms with Crippen LogP contribution in [0.2, 0.25) is 0 Å². The summed E-state index contributed by atoms with van der Waals surface area (Å²) in [6, 6.07) is 9.27. The molecule has 34 heavy (non-hydrogen) atoms. The van der Waals surface area contributed by atoms with Gasteiger partial charge in [0.1, 0.15) is 5.75 Å². The third-order valence-corrected chi connectivity index (χ3v) is 5.14. The van der Waals surface area contributed by atoms with Crippen molar-refractivity contribution in [2.24, 2.45) is 11.5 Å². The summed E-state index contributed by atoms with van der Waals surface area (Å²) < 4.78 is 46.9. The highest BCUT2D eigenvalue weighted by molar-refractivity contribution is 6.02. The van der Waals surface area contributed by atoms with Gasteiger partial charge in [0.25, 0.3) is 5.91 Å². The molecule has 0 radical (unpaired) electrons. The van der Waals surface area contributed by atoms with Crippen molar-refractivity contribution < 1.29 is 32.2 Å². The van der Waals surface area contributed by atoms with Crippen LogP contribution < -0.4 is 16.2 Å². The summed E-state index contributed by atoms with van der Waals surface area (Å²) >= 11 is 0. The average molecular weight is 476 g/mol. The van der Waals surface area contributed by atoms with Gasteiger partial charge in [0, 0.05) is 35.1 Å². The molecule has 3 rings (SSSR count). The lowest BCUT2D eigenvalue weighted by Gasteiger charge is -2.25. The predicted molar refractivity (Wildman–Crippen MR) is 116 cm³/mol. The minimum Gasteiger partial charge on any atom is -0.470 e. The molecule has 8 nitrogen and oxygen atoms in total. The molecule has 0 saturated heterocycles. The molecule has 0 saturated carbocycles. The molecule has 1 unspecified atom stereocenters. The van der Waals surface area contributed by atoms with Gasteiger partial charge >= 0.3 is 12.1 Å². The SMILES string of the molecule is CC(/C=C(\N)C(C)N1Cc2c(ccnc2C(=O)Oc2ccccc2)C1=O)=C(/N)OCC(F)(F)F. The number of hydrogen-bond donors (Lipinski definition) is 2. The number of halogens is 3. The summed E-state index contributed by atoms with van der Waals surface area (Å²) in [6.07, 6.45) is -1.85. The van der Waals surface area contributed by atoms with E-state index in [1.165, 1.54) is 30.2 Å². The molecule has 4 N–H and O–H groups in total. The summed E-state index contributed by atoms with van der Waals surface area (Å²) in [6.45, 7) is 1.59. The lowest BCUT2D eigenvalue weighted by atomic mass is 10.1. The Morgan fingerprint density at radius 3 is 2.56 bits per heavy atom. The zero-order valence-corrected chi connectivity index (χ0v) is 18.4. The number of nitrogens with zero attached hydrogens (tertiary/aromatic N) is 2. The fourth-order valence-corrected chi connectivity index (χ4v) is 3.28. The fourth-order valence-electron chi connectivity index (χ4n) is 3.28. The first-order valence-electron chi connectivity index (χ1n) is 10.2. The van der Waals surface area contributed by atoms with Crippen LogP contribution in [0.25, 0.3) is 0 Å². The van der Waals surface area contributed by atoms with Crippen LogP contribution in [0, 0.1) is 0 Å². The zero-order valence-electron chi connectivity index (χ0n) is 18.4. The van der Waals surface area contributed by atoms with Crippen molar-refractivity contribution in [3.8, 4) is 5.75 Å². The number of hydrogen-bond acceptors (Lipinski definition) is 7. The second-order valence-electron chi connectivity index (χ2n) is 7.59. The lowest BCUT2D eigenvalue weighted by Crippen LogP contribution is -2.37. The van der Waals surface area contributed by atoms with E-state index in [0.29, 0.717) is 11.3 Å². The Hall–Kier alpha value is -4.02. The highest BCUT2D eigenvalue weighted by atomic mass is 19.4. The Kier molecular flexibility index (Phi) is 7.14. The third-order valence-electron chi connectivity index (χ3n) is 5.14. The van der Waals surface area contributed by atoms with Gasteiger partial charge in [-0.1, -0.05) is 18.2 Å². The van der Waals surface area contributed by atoms with Crippen LogP contribution in [-0.4, -0.2) is 40.6 Å². The molecule has 1 atom stereocenters. The Balaban J connectivity index is 1.78. The quantitative estimate of drug-likeness (QED) is 0.272. The first kappa shape index (κ1) is 24.6. The zero-order chi connectivity index (χ0) is 25.0. The molecule has 0 spiro atoms. The fraction of sp³-hybridized carbons (Fsp3) is 0.261. The van der Waals surface area contributed by atoms with Gasteiger partial charge in [-0.05, 0) is 38.1 Å². The minimum atomic E-state index is -4.53. The number of allylic oxidation sites excluding steroid dienone is 2. The first-order valence-corrected chi connectivity index (χ1v) is 10.2. The Labute approximate surface area is 193 Å². The number of alkyl halides is 3. The van der Waals surface area contributed by atoms with Gasteiger partial charge in [-0.3, -0.25) is 4.79 Å². The number of nitrogens with two attached hydrogens (primary N) is 2. The van der Waals surface area contributed by atoms with Gasteiger partial charge in [-0.15, -0.1) is 0 Å². The van der Waals surface area contributed by atoms with Crippen molar-refractivity contribution in [2.75, 3.05) is 6.61 Å². The highest BCUT2D eigenvalue weighted by Gasteiger charge is 2.35. The summed E-state index contributed by atoms with van der Waals surface area (Å²) in [5, 5.41) is 0. The van der Waals surface area contributed by atoms with E-state index in [2.05, 4.69) is 9.72 Å². The lowest BCUT2D eigenvalue weighted by molar-refractivity contribution is -0.165. The van der Waals surface area contributed by atoms with Crippen LogP contribution in [0.5, 0.6) is 5.75 Å². The number of rotatable bonds is 7. The summed E-state index contributed by atoms with van der Waals surface area (Å²) in [5.41, 5.74) is 12.7. The van der Waals surface area contributed by atoms with Crippen molar-refractivity contribution in [1.29, 1.82) is 0 Å². The van der Waals surface area contributed by atoms with Crippen molar-refractivity contribution >= 4 is 11.9 Å². The van der Waals surface area contributed by atoms with Crippen molar-refractivity contribution in [3.63, 3.8) is 0 Å². The monoisotopic (exact) mass is 476 g/mol. The van der Waals surface area contributed by atoms with E-state index in [4.69, 9.17) is 16.2 Å². The minimum absolute atomic E-state index is 0.00725. The number of esters is 1. The van der Waals surface area contributed by atoms with E-state index < -0.39 is 30.7 Å². The van der Waals surface area contributed by atoms with Crippen LogP contribution in [-0.2, 0) is 11.3 Å². The molecule has 0 fully saturated rings. The van der Waals surface area contributed by atoms with Crippen LogP contribution >= 0.6 is 0 Å². The number of amides is 1. The smallest absolute Gasteiger partial charge is 0.422 e. The van der Waals surface area contributed by atoms with Gasteiger partial charge in [-0.2, -0.15) is 13.2 Å². The van der Waals surface area contributed by atoms with Crippen LogP contribution in [0.1, 0.15) is 40.3 Å². The molecule has 1 amide bonds. The second-order valence-corrected chi connectivity index (χ2v) is 7.59. The van der Waals surface area contributed by atoms with Crippen LogP contribution in [0.4, 0.5) is 13.2 Å². The molecule has 11 heteroatoms. The Bertz CT molecular complexity index is 1150. The molecular formula is C23H23F3N4O4. The first-order chi connectivity index (χ1) is 16.0. The Morgan fingerprint density at radius 2 is 1.91 bits per heavy atom. The summed E-state index contributed by atoms with van der Waals surface area (Å²) in [5.74, 6) is -1.18. The van der Waals surface area contributed by atoms with Crippen LogP contribution in [0.3, 0.4) is 0 Å². The van der Waals surface area contributed by atoms with E-state index in [-0.39, 0.29) is 35.0 Å². The normalized spacial score (nSPS) is 15.5. The number of pyridine rings is 1. The Morgan fingerprint density at radius 1 is 1.24 bits per heavy atom. The van der Waals surface area contributed by atoms with Crippen molar-refractivity contribution in [1.82, 2.24) is 9.88 Å². The third kappa shape index (κ3) is 5.66. The number of fused-ring (bicyclic) bond motifs is 1. The maximum absolute atomic E-state index is 13.0. The number of carbonyl (C=O) groups excluding carboxylic acids is 2. The van der Waals surface area contributed by atoms with E-state index in [1.54, 1.807) is 37.3 Å². The number of benzene rings is 1. The highest BCUT2D eigenvalue weighted by Crippen LogP contribution is 2.29. The van der Waals surface area contributed by atoms with E-state index >= 15 is 0 Å².